The topological polar surface area (TPSA) is 70.2 Å². The molecule has 1 amide bonds. The molecule has 0 aromatic carbocycles. The van der Waals surface area contributed by atoms with Crippen LogP contribution in [0.2, 0.25) is 0 Å². The Kier molecular flexibility index (Phi) is 5.35. The highest BCUT2D eigenvalue weighted by atomic mass is 16.2. The van der Waals surface area contributed by atoms with Gasteiger partial charge in [-0.25, -0.2) is 4.98 Å². The second-order valence-electron chi connectivity index (χ2n) is 4.29. The van der Waals surface area contributed by atoms with E-state index in [1.807, 2.05) is 6.92 Å². The zero-order valence-electron chi connectivity index (χ0n) is 11.4. The molecule has 0 bridgehead atoms. The number of anilines is 2. The summed E-state index contributed by atoms with van der Waals surface area (Å²) >= 11 is 0. The van der Waals surface area contributed by atoms with E-state index in [1.165, 1.54) is 0 Å². The van der Waals surface area contributed by atoms with Crippen LogP contribution in [0.4, 0.5) is 11.8 Å². The van der Waals surface area contributed by atoms with E-state index in [0.717, 1.165) is 13.0 Å². The largest absolute Gasteiger partial charge is 0.358 e. The highest BCUT2D eigenvalue weighted by Crippen LogP contribution is 2.07. The number of carbonyl (C=O) groups is 1. The lowest BCUT2D eigenvalue weighted by molar-refractivity contribution is -0.129. The summed E-state index contributed by atoms with van der Waals surface area (Å²) in [6, 6.07) is 1.44. The lowest BCUT2D eigenvalue weighted by Crippen LogP contribution is -2.36. The van der Waals surface area contributed by atoms with Crippen molar-refractivity contribution in [2.45, 2.75) is 26.3 Å². The first-order chi connectivity index (χ1) is 8.54. The average molecular weight is 251 g/mol. The van der Waals surface area contributed by atoms with Crippen molar-refractivity contribution in [1.82, 2.24) is 14.9 Å². The van der Waals surface area contributed by atoms with Crippen LogP contribution in [-0.2, 0) is 4.79 Å². The van der Waals surface area contributed by atoms with Crippen molar-refractivity contribution >= 4 is 17.7 Å². The van der Waals surface area contributed by atoms with Crippen LogP contribution in [0.5, 0.6) is 0 Å². The number of amides is 1. The molecule has 0 aliphatic heterocycles. The van der Waals surface area contributed by atoms with E-state index in [9.17, 15) is 4.79 Å². The van der Waals surface area contributed by atoms with Gasteiger partial charge in [-0.15, -0.1) is 0 Å². The minimum Gasteiger partial charge on any atom is -0.358 e. The van der Waals surface area contributed by atoms with Crippen molar-refractivity contribution in [3.8, 4) is 0 Å². The van der Waals surface area contributed by atoms with Crippen molar-refractivity contribution in [2.75, 3.05) is 31.3 Å². The Bertz CT molecular complexity index is 394. The van der Waals surface area contributed by atoms with Gasteiger partial charge in [0, 0.05) is 26.8 Å². The molecule has 2 N–H and O–H groups in total. The fourth-order valence-corrected chi connectivity index (χ4v) is 1.43. The van der Waals surface area contributed by atoms with E-state index in [0.29, 0.717) is 11.8 Å². The quantitative estimate of drug-likeness (QED) is 0.794. The maximum atomic E-state index is 11.7. The van der Waals surface area contributed by atoms with Crippen LogP contribution >= 0.6 is 0 Å². The Labute approximate surface area is 108 Å². The standard InChI is InChI=1S/C12H21N5O/c1-5-7-13-12-14-8-6-10(16-12)15-9(2)11(18)17(3)4/h6,8-9H,5,7H2,1-4H3,(H2,13,14,15,16). The fourth-order valence-electron chi connectivity index (χ4n) is 1.43. The van der Waals surface area contributed by atoms with Crippen LogP contribution in [0.25, 0.3) is 0 Å². The maximum absolute atomic E-state index is 11.7. The lowest BCUT2D eigenvalue weighted by Gasteiger charge is -2.18. The second-order valence-corrected chi connectivity index (χ2v) is 4.29. The molecule has 1 unspecified atom stereocenters. The molecule has 1 aromatic rings. The average Bonchev–Trinajstić information content (AvgIpc) is 2.35. The van der Waals surface area contributed by atoms with Crippen molar-refractivity contribution in [1.29, 1.82) is 0 Å². The number of hydrogen-bond acceptors (Lipinski definition) is 5. The van der Waals surface area contributed by atoms with Gasteiger partial charge in [0.1, 0.15) is 11.9 Å². The summed E-state index contributed by atoms with van der Waals surface area (Å²) in [5.41, 5.74) is 0. The Morgan fingerprint density at radius 2 is 2.22 bits per heavy atom. The molecular weight excluding hydrogens is 230 g/mol. The molecule has 0 aliphatic rings. The van der Waals surface area contributed by atoms with Crippen LogP contribution in [-0.4, -0.2) is 47.5 Å². The number of nitrogens with one attached hydrogen (secondary N) is 2. The van der Waals surface area contributed by atoms with Gasteiger partial charge in [-0.3, -0.25) is 4.79 Å². The Balaban J connectivity index is 2.64. The van der Waals surface area contributed by atoms with Crippen molar-refractivity contribution < 1.29 is 4.79 Å². The third-order valence-electron chi connectivity index (χ3n) is 2.36. The smallest absolute Gasteiger partial charge is 0.244 e. The minimum atomic E-state index is -0.311. The van der Waals surface area contributed by atoms with Gasteiger partial charge in [0.05, 0.1) is 0 Å². The van der Waals surface area contributed by atoms with Gasteiger partial charge in [0.2, 0.25) is 11.9 Å². The van der Waals surface area contributed by atoms with Gasteiger partial charge in [0.15, 0.2) is 0 Å². The van der Waals surface area contributed by atoms with Crippen molar-refractivity contribution in [3.05, 3.63) is 12.3 Å². The number of aromatic nitrogens is 2. The molecule has 1 heterocycles. The van der Waals surface area contributed by atoms with E-state index >= 15 is 0 Å². The number of rotatable bonds is 6. The van der Waals surface area contributed by atoms with E-state index in [-0.39, 0.29) is 11.9 Å². The number of hydrogen-bond donors (Lipinski definition) is 2. The molecule has 100 valence electrons. The van der Waals surface area contributed by atoms with Gasteiger partial charge in [-0.1, -0.05) is 6.92 Å². The van der Waals surface area contributed by atoms with Crippen LogP contribution < -0.4 is 10.6 Å². The normalized spacial score (nSPS) is 11.8. The first-order valence-electron chi connectivity index (χ1n) is 6.09. The zero-order chi connectivity index (χ0) is 13.5. The fraction of sp³-hybridized carbons (Fsp3) is 0.583. The number of nitrogens with zero attached hydrogens (tertiary/aromatic N) is 3. The Morgan fingerprint density at radius 1 is 1.50 bits per heavy atom. The molecule has 1 rings (SSSR count). The first-order valence-corrected chi connectivity index (χ1v) is 6.09. The lowest BCUT2D eigenvalue weighted by atomic mass is 10.3. The van der Waals surface area contributed by atoms with Crippen molar-refractivity contribution in [3.63, 3.8) is 0 Å². The third-order valence-corrected chi connectivity index (χ3v) is 2.36. The number of carbonyl (C=O) groups excluding carboxylic acids is 1. The molecule has 0 spiro atoms. The summed E-state index contributed by atoms with van der Waals surface area (Å²) in [4.78, 5) is 21.7. The van der Waals surface area contributed by atoms with Gasteiger partial charge in [-0.05, 0) is 19.4 Å². The third kappa shape index (κ3) is 4.20. The summed E-state index contributed by atoms with van der Waals surface area (Å²) in [7, 11) is 3.46. The van der Waals surface area contributed by atoms with Gasteiger partial charge in [-0.2, -0.15) is 4.98 Å². The van der Waals surface area contributed by atoms with Gasteiger partial charge in [0.25, 0.3) is 0 Å². The summed E-state index contributed by atoms with van der Waals surface area (Å²) in [6.07, 6.45) is 2.68. The molecule has 18 heavy (non-hydrogen) atoms. The van der Waals surface area contributed by atoms with Crippen LogP contribution in [0, 0.1) is 0 Å². The predicted molar refractivity (Wildman–Crippen MR) is 72.6 cm³/mol. The first kappa shape index (κ1) is 14.2. The number of likely N-dealkylation sites (N-methyl/N-ethyl adjacent to an activating group) is 1. The summed E-state index contributed by atoms with van der Waals surface area (Å²) in [5.74, 6) is 1.23. The molecule has 6 nitrogen and oxygen atoms in total. The van der Waals surface area contributed by atoms with Crippen LogP contribution in [0.1, 0.15) is 20.3 Å². The molecule has 1 atom stereocenters. The van der Waals surface area contributed by atoms with Crippen LogP contribution in [0.15, 0.2) is 12.3 Å². The summed E-state index contributed by atoms with van der Waals surface area (Å²) in [5, 5.41) is 6.16. The van der Waals surface area contributed by atoms with E-state index in [4.69, 9.17) is 0 Å². The van der Waals surface area contributed by atoms with E-state index in [2.05, 4.69) is 27.5 Å². The minimum absolute atomic E-state index is 0.0108. The monoisotopic (exact) mass is 251 g/mol. The van der Waals surface area contributed by atoms with Gasteiger partial charge >= 0.3 is 0 Å². The van der Waals surface area contributed by atoms with Crippen LogP contribution in [0.3, 0.4) is 0 Å². The molecular formula is C12H21N5O. The molecule has 1 aromatic heterocycles. The Morgan fingerprint density at radius 3 is 2.83 bits per heavy atom. The summed E-state index contributed by atoms with van der Waals surface area (Å²) in [6.45, 7) is 4.71. The molecule has 6 heteroatoms. The summed E-state index contributed by atoms with van der Waals surface area (Å²) < 4.78 is 0. The maximum Gasteiger partial charge on any atom is 0.244 e. The van der Waals surface area contributed by atoms with Gasteiger partial charge < -0.3 is 15.5 Å². The van der Waals surface area contributed by atoms with Crippen molar-refractivity contribution in [2.24, 2.45) is 0 Å². The molecule has 0 saturated heterocycles. The van der Waals surface area contributed by atoms with E-state index in [1.54, 1.807) is 31.3 Å². The highest BCUT2D eigenvalue weighted by molar-refractivity contribution is 5.83. The SMILES string of the molecule is CCCNc1nccc(NC(C)C(=O)N(C)C)n1. The molecule has 0 fully saturated rings. The predicted octanol–water partition coefficient (Wildman–Crippen LogP) is 1.19. The molecule has 0 aliphatic carbocycles. The zero-order valence-corrected chi connectivity index (χ0v) is 11.4. The molecule has 0 radical (unpaired) electrons. The van der Waals surface area contributed by atoms with E-state index < -0.39 is 0 Å². The molecule has 0 saturated carbocycles. The second kappa shape index (κ2) is 6.78. The highest BCUT2D eigenvalue weighted by Gasteiger charge is 2.14. The Hall–Kier alpha value is -1.85.